The van der Waals surface area contributed by atoms with Gasteiger partial charge in [0.25, 0.3) is 0 Å². The van der Waals surface area contributed by atoms with Gasteiger partial charge < -0.3 is 4.57 Å². The molecule has 108 valence electrons. The van der Waals surface area contributed by atoms with Gasteiger partial charge in [-0.2, -0.15) is 11.8 Å². The normalized spacial score (nSPS) is 22.8. The molecular formula is C15H18ClIN2S. The summed E-state index contributed by atoms with van der Waals surface area (Å²) < 4.78 is 3.97. The van der Waals surface area contributed by atoms with Crippen molar-refractivity contribution in [3.8, 4) is 0 Å². The SMILES string of the molecule is CC1(Cn2c(CCCl)nc3cc(I)ccc32)CCCS1. The predicted octanol–water partition coefficient (Wildman–Crippen LogP) is 4.71. The van der Waals surface area contributed by atoms with E-state index < -0.39 is 0 Å². The molecule has 1 aliphatic rings. The van der Waals surface area contributed by atoms with Crippen LogP contribution in [0.2, 0.25) is 0 Å². The van der Waals surface area contributed by atoms with Gasteiger partial charge in [0.15, 0.2) is 0 Å². The van der Waals surface area contributed by atoms with Gasteiger partial charge in [0, 0.05) is 27.2 Å². The van der Waals surface area contributed by atoms with E-state index in [1.807, 2.05) is 0 Å². The van der Waals surface area contributed by atoms with E-state index in [1.54, 1.807) is 0 Å². The summed E-state index contributed by atoms with van der Waals surface area (Å²) in [5.41, 5.74) is 2.35. The van der Waals surface area contributed by atoms with Gasteiger partial charge in [-0.1, -0.05) is 0 Å². The lowest BCUT2D eigenvalue weighted by molar-refractivity contribution is 0.507. The second-order valence-electron chi connectivity index (χ2n) is 5.59. The lowest BCUT2D eigenvalue weighted by Crippen LogP contribution is -2.25. The molecule has 2 aromatic rings. The van der Waals surface area contributed by atoms with Crippen molar-refractivity contribution in [2.75, 3.05) is 11.6 Å². The molecule has 1 aromatic heterocycles. The fraction of sp³-hybridized carbons (Fsp3) is 0.533. The van der Waals surface area contributed by atoms with Gasteiger partial charge in [0.2, 0.25) is 0 Å². The number of benzene rings is 1. The van der Waals surface area contributed by atoms with E-state index in [4.69, 9.17) is 16.6 Å². The summed E-state index contributed by atoms with van der Waals surface area (Å²) in [7, 11) is 0. The number of fused-ring (bicyclic) bond motifs is 1. The molecule has 0 spiro atoms. The Morgan fingerprint density at radius 3 is 3.05 bits per heavy atom. The Balaban J connectivity index is 2.04. The molecule has 0 N–H and O–H groups in total. The van der Waals surface area contributed by atoms with Gasteiger partial charge in [0.05, 0.1) is 11.0 Å². The molecule has 1 aromatic carbocycles. The maximum absolute atomic E-state index is 5.96. The first-order chi connectivity index (χ1) is 9.61. The minimum atomic E-state index is 0.345. The van der Waals surface area contributed by atoms with Gasteiger partial charge >= 0.3 is 0 Å². The molecule has 0 saturated carbocycles. The summed E-state index contributed by atoms with van der Waals surface area (Å²) in [6, 6.07) is 6.52. The third-order valence-corrected chi connectivity index (χ3v) is 6.28. The Morgan fingerprint density at radius 1 is 1.50 bits per heavy atom. The molecule has 0 bridgehead atoms. The van der Waals surface area contributed by atoms with Crippen LogP contribution in [0, 0.1) is 3.57 Å². The average molecular weight is 421 g/mol. The second-order valence-corrected chi connectivity index (χ2v) is 8.89. The first kappa shape index (κ1) is 15.0. The molecule has 1 aliphatic heterocycles. The molecule has 2 heterocycles. The maximum Gasteiger partial charge on any atom is 0.111 e. The molecule has 5 heteroatoms. The molecule has 2 nitrogen and oxygen atoms in total. The first-order valence-corrected chi connectivity index (χ1v) is 9.56. The van der Waals surface area contributed by atoms with Crippen molar-refractivity contribution in [3.63, 3.8) is 0 Å². The number of rotatable bonds is 4. The van der Waals surface area contributed by atoms with Crippen LogP contribution in [0.25, 0.3) is 11.0 Å². The fourth-order valence-corrected chi connectivity index (χ4v) is 4.83. The summed E-state index contributed by atoms with van der Waals surface area (Å²) in [6.07, 6.45) is 3.46. The molecule has 0 radical (unpaired) electrons. The van der Waals surface area contributed by atoms with Crippen molar-refractivity contribution >= 4 is 57.0 Å². The minimum absolute atomic E-state index is 0.345. The Hall–Kier alpha value is 0.0600. The van der Waals surface area contributed by atoms with Crippen molar-refractivity contribution in [1.29, 1.82) is 0 Å². The third-order valence-electron chi connectivity index (χ3n) is 3.90. The van der Waals surface area contributed by atoms with Gasteiger partial charge in [-0.05, 0) is 66.3 Å². The van der Waals surface area contributed by atoms with Crippen LogP contribution in [0.15, 0.2) is 18.2 Å². The highest BCUT2D eigenvalue weighted by atomic mass is 127. The topological polar surface area (TPSA) is 17.8 Å². The van der Waals surface area contributed by atoms with E-state index in [2.05, 4.69) is 64.0 Å². The summed E-state index contributed by atoms with van der Waals surface area (Å²) >= 11 is 10.4. The van der Waals surface area contributed by atoms with Gasteiger partial charge in [-0.15, -0.1) is 11.6 Å². The molecule has 0 amide bonds. The summed E-state index contributed by atoms with van der Waals surface area (Å²) in [5, 5.41) is 0. The molecule has 0 aliphatic carbocycles. The lowest BCUT2D eigenvalue weighted by atomic mass is 10.1. The second kappa shape index (κ2) is 6.05. The van der Waals surface area contributed by atoms with E-state index >= 15 is 0 Å². The zero-order valence-electron chi connectivity index (χ0n) is 11.5. The van der Waals surface area contributed by atoms with Gasteiger partial charge in [-0.3, -0.25) is 0 Å². The molecule has 1 fully saturated rings. The molecule has 1 atom stereocenters. The Labute approximate surface area is 142 Å². The van der Waals surface area contributed by atoms with Gasteiger partial charge in [-0.25, -0.2) is 4.98 Å². The Bertz CT molecular complexity index is 620. The van der Waals surface area contributed by atoms with Crippen LogP contribution in [0.4, 0.5) is 0 Å². The quantitative estimate of drug-likeness (QED) is 0.527. The number of aryl methyl sites for hydroxylation is 1. The average Bonchev–Trinajstić information content (AvgIpc) is 2.96. The minimum Gasteiger partial charge on any atom is -0.327 e. The van der Waals surface area contributed by atoms with Crippen molar-refractivity contribution in [2.24, 2.45) is 0 Å². The van der Waals surface area contributed by atoms with Crippen LogP contribution in [0.5, 0.6) is 0 Å². The van der Waals surface area contributed by atoms with Crippen molar-refractivity contribution in [2.45, 2.75) is 37.5 Å². The maximum atomic E-state index is 5.96. The highest BCUT2D eigenvalue weighted by Gasteiger charge is 2.31. The lowest BCUT2D eigenvalue weighted by Gasteiger charge is -2.24. The Kier molecular flexibility index (Phi) is 4.53. The van der Waals surface area contributed by atoms with E-state index in [0.717, 1.165) is 24.3 Å². The number of thioether (sulfide) groups is 1. The third kappa shape index (κ3) is 2.97. The van der Waals surface area contributed by atoms with E-state index in [9.17, 15) is 0 Å². The number of alkyl halides is 1. The van der Waals surface area contributed by atoms with Crippen LogP contribution in [-0.4, -0.2) is 25.9 Å². The van der Waals surface area contributed by atoms with Crippen molar-refractivity contribution < 1.29 is 0 Å². The largest absolute Gasteiger partial charge is 0.327 e. The first-order valence-electron chi connectivity index (χ1n) is 6.96. The number of hydrogen-bond donors (Lipinski definition) is 0. The van der Waals surface area contributed by atoms with E-state index in [-0.39, 0.29) is 0 Å². The molecular weight excluding hydrogens is 403 g/mol. The molecule has 20 heavy (non-hydrogen) atoms. The summed E-state index contributed by atoms with van der Waals surface area (Å²) in [4.78, 5) is 4.80. The number of aromatic nitrogens is 2. The standard InChI is InChI=1S/C15H18ClIN2S/c1-15(6-2-8-20-15)10-19-13-4-3-11(17)9-12(13)18-14(19)5-7-16/h3-4,9H,2,5-8,10H2,1H3. The fourth-order valence-electron chi connectivity index (χ4n) is 2.90. The van der Waals surface area contributed by atoms with Gasteiger partial charge in [0.1, 0.15) is 5.82 Å². The highest BCUT2D eigenvalue weighted by Crippen LogP contribution is 2.40. The van der Waals surface area contributed by atoms with Crippen molar-refractivity contribution in [3.05, 3.63) is 27.6 Å². The smallest absolute Gasteiger partial charge is 0.111 e. The number of imidazole rings is 1. The monoisotopic (exact) mass is 420 g/mol. The van der Waals surface area contributed by atoms with E-state index in [0.29, 0.717) is 10.6 Å². The van der Waals surface area contributed by atoms with Crippen LogP contribution < -0.4 is 0 Å². The van der Waals surface area contributed by atoms with Crippen LogP contribution in [0.1, 0.15) is 25.6 Å². The van der Waals surface area contributed by atoms with Crippen molar-refractivity contribution in [1.82, 2.24) is 9.55 Å². The highest BCUT2D eigenvalue weighted by molar-refractivity contribution is 14.1. The Morgan fingerprint density at radius 2 is 2.35 bits per heavy atom. The number of nitrogens with zero attached hydrogens (tertiary/aromatic N) is 2. The molecule has 1 saturated heterocycles. The number of halogens is 2. The summed E-state index contributed by atoms with van der Waals surface area (Å²) in [6.45, 7) is 3.43. The zero-order valence-corrected chi connectivity index (χ0v) is 15.3. The summed E-state index contributed by atoms with van der Waals surface area (Å²) in [5.74, 6) is 3.04. The van der Waals surface area contributed by atoms with Crippen LogP contribution in [0.3, 0.4) is 0 Å². The van der Waals surface area contributed by atoms with Crippen LogP contribution >= 0.6 is 46.0 Å². The molecule has 3 rings (SSSR count). The predicted molar refractivity (Wildman–Crippen MR) is 97.0 cm³/mol. The number of hydrogen-bond acceptors (Lipinski definition) is 2. The zero-order chi connectivity index (χ0) is 14.2. The van der Waals surface area contributed by atoms with Crippen LogP contribution in [-0.2, 0) is 13.0 Å². The van der Waals surface area contributed by atoms with E-state index in [1.165, 1.54) is 27.7 Å². The molecule has 1 unspecified atom stereocenters.